The molecule has 0 spiro atoms. The van der Waals surface area contributed by atoms with Gasteiger partial charge < -0.3 is 15.2 Å². The number of hydrogen-bond donors (Lipinski definition) is 2. The van der Waals surface area contributed by atoms with E-state index in [1.165, 1.54) is 18.3 Å². The number of carbonyl (C=O) groups excluding carboxylic acids is 1. The normalized spacial score (nSPS) is 9.94. The van der Waals surface area contributed by atoms with Gasteiger partial charge in [0, 0.05) is 26.5 Å². The molecule has 0 aliphatic carbocycles. The van der Waals surface area contributed by atoms with Crippen LogP contribution in [0.1, 0.15) is 27.3 Å². The van der Waals surface area contributed by atoms with Crippen LogP contribution in [-0.2, 0) is 4.74 Å². The van der Waals surface area contributed by atoms with Gasteiger partial charge in [-0.15, -0.1) is 0 Å². The Bertz CT molecular complexity index is 406. The fourth-order valence-electron chi connectivity index (χ4n) is 1.20. The van der Waals surface area contributed by atoms with Crippen molar-refractivity contribution in [2.75, 3.05) is 20.3 Å². The summed E-state index contributed by atoms with van der Waals surface area (Å²) in [4.78, 5) is 26.1. The molecule has 0 atom stereocenters. The lowest BCUT2D eigenvalue weighted by molar-refractivity contribution is 0.0696. The highest BCUT2D eigenvalue weighted by atomic mass is 16.5. The molecule has 2 N–H and O–H groups in total. The predicted octanol–water partition coefficient (Wildman–Crippen LogP) is 0.546. The molecular weight excluding hydrogens is 224 g/mol. The molecule has 1 aromatic heterocycles. The third kappa shape index (κ3) is 4.20. The van der Waals surface area contributed by atoms with Crippen LogP contribution in [0.2, 0.25) is 0 Å². The molecule has 1 heterocycles. The molecule has 0 bridgehead atoms. The van der Waals surface area contributed by atoms with E-state index >= 15 is 0 Å². The second kappa shape index (κ2) is 6.59. The average Bonchev–Trinajstić information content (AvgIpc) is 2.34. The molecule has 0 fully saturated rings. The van der Waals surface area contributed by atoms with E-state index < -0.39 is 5.97 Å². The summed E-state index contributed by atoms with van der Waals surface area (Å²) in [5.41, 5.74) is 0.143. The number of amides is 1. The van der Waals surface area contributed by atoms with Crippen molar-refractivity contribution in [3.63, 3.8) is 0 Å². The number of aromatic carboxylic acids is 1. The Kier molecular flexibility index (Phi) is 5.09. The summed E-state index contributed by atoms with van der Waals surface area (Å²) in [5.74, 6) is -1.47. The Balaban J connectivity index is 2.56. The van der Waals surface area contributed by atoms with E-state index in [0.717, 1.165) is 0 Å². The van der Waals surface area contributed by atoms with Gasteiger partial charge in [0.15, 0.2) is 0 Å². The Morgan fingerprint density at radius 1 is 1.53 bits per heavy atom. The van der Waals surface area contributed by atoms with Gasteiger partial charge in [0.2, 0.25) is 0 Å². The van der Waals surface area contributed by atoms with Gasteiger partial charge in [-0.1, -0.05) is 0 Å². The third-order valence-corrected chi connectivity index (χ3v) is 2.05. The first-order valence-electron chi connectivity index (χ1n) is 5.11. The van der Waals surface area contributed by atoms with E-state index in [1.807, 2.05) is 0 Å². The van der Waals surface area contributed by atoms with Crippen LogP contribution < -0.4 is 5.32 Å². The van der Waals surface area contributed by atoms with Crippen molar-refractivity contribution in [1.29, 1.82) is 0 Å². The summed E-state index contributed by atoms with van der Waals surface area (Å²) in [6.45, 7) is 1.02. The summed E-state index contributed by atoms with van der Waals surface area (Å²) in [6, 6.07) is 2.58. The molecule has 6 heteroatoms. The Hall–Kier alpha value is -1.95. The van der Waals surface area contributed by atoms with E-state index in [-0.39, 0.29) is 17.2 Å². The fourth-order valence-corrected chi connectivity index (χ4v) is 1.20. The van der Waals surface area contributed by atoms with E-state index in [1.54, 1.807) is 7.11 Å². The second-order valence-corrected chi connectivity index (χ2v) is 3.34. The summed E-state index contributed by atoms with van der Waals surface area (Å²) >= 11 is 0. The predicted molar refractivity (Wildman–Crippen MR) is 60.0 cm³/mol. The van der Waals surface area contributed by atoms with Gasteiger partial charge in [0.1, 0.15) is 5.69 Å². The van der Waals surface area contributed by atoms with E-state index in [2.05, 4.69) is 10.3 Å². The number of aromatic nitrogens is 1. The molecule has 0 aliphatic heterocycles. The van der Waals surface area contributed by atoms with Crippen LogP contribution in [-0.4, -0.2) is 42.2 Å². The molecule has 92 valence electrons. The summed E-state index contributed by atoms with van der Waals surface area (Å²) in [6.07, 6.45) is 1.99. The molecule has 1 amide bonds. The van der Waals surface area contributed by atoms with Crippen LogP contribution in [0, 0.1) is 0 Å². The second-order valence-electron chi connectivity index (χ2n) is 3.34. The molecular formula is C11H14N2O4. The molecule has 0 unspecified atom stereocenters. The van der Waals surface area contributed by atoms with E-state index in [0.29, 0.717) is 19.6 Å². The van der Waals surface area contributed by atoms with Crippen molar-refractivity contribution in [1.82, 2.24) is 10.3 Å². The van der Waals surface area contributed by atoms with E-state index in [4.69, 9.17) is 9.84 Å². The maximum absolute atomic E-state index is 11.6. The van der Waals surface area contributed by atoms with Crippen molar-refractivity contribution in [2.24, 2.45) is 0 Å². The van der Waals surface area contributed by atoms with Crippen molar-refractivity contribution < 1.29 is 19.4 Å². The van der Waals surface area contributed by atoms with Gasteiger partial charge in [-0.2, -0.15) is 0 Å². The number of carbonyl (C=O) groups is 2. The Morgan fingerprint density at radius 3 is 2.94 bits per heavy atom. The van der Waals surface area contributed by atoms with Gasteiger partial charge in [-0.3, -0.25) is 9.78 Å². The standard InChI is InChI=1S/C11H14N2O4/c1-17-6-2-4-13-10(14)9-7-8(11(15)16)3-5-12-9/h3,5,7H,2,4,6H2,1H3,(H,13,14)(H,15,16). The van der Waals surface area contributed by atoms with Crippen LogP contribution in [0.5, 0.6) is 0 Å². The monoisotopic (exact) mass is 238 g/mol. The maximum atomic E-state index is 11.6. The first-order chi connectivity index (χ1) is 8.15. The van der Waals surface area contributed by atoms with Gasteiger partial charge >= 0.3 is 5.97 Å². The first kappa shape index (κ1) is 13.1. The molecule has 0 saturated carbocycles. The van der Waals surface area contributed by atoms with Gasteiger partial charge in [-0.25, -0.2) is 4.79 Å². The van der Waals surface area contributed by atoms with Crippen LogP contribution >= 0.6 is 0 Å². The Labute approximate surface area is 98.6 Å². The number of methoxy groups -OCH3 is 1. The molecule has 6 nitrogen and oxygen atoms in total. The molecule has 0 saturated heterocycles. The number of carboxylic acid groups (broad SMARTS) is 1. The zero-order chi connectivity index (χ0) is 12.7. The molecule has 1 aromatic rings. The number of pyridine rings is 1. The van der Waals surface area contributed by atoms with Crippen LogP contribution in [0.15, 0.2) is 18.3 Å². The van der Waals surface area contributed by atoms with Gasteiger partial charge in [-0.05, 0) is 18.6 Å². The number of hydrogen-bond acceptors (Lipinski definition) is 4. The minimum absolute atomic E-state index is 0.0436. The zero-order valence-corrected chi connectivity index (χ0v) is 9.47. The number of carboxylic acids is 1. The number of nitrogens with one attached hydrogen (secondary N) is 1. The topological polar surface area (TPSA) is 88.5 Å². The number of rotatable bonds is 6. The van der Waals surface area contributed by atoms with Gasteiger partial charge in [0.05, 0.1) is 5.56 Å². The van der Waals surface area contributed by atoms with Crippen molar-refractivity contribution in [3.05, 3.63) is 29.6 Å². The zero-order valence-electron chi connectivity index (χ0n) is 9.47. The molecule has 0 radical (unpaired) electrons. The van der Waals surface area contributed by atoms with Crippen LogP contribution in [0.25, 0.3) is 0 Å². The Morgan fingerprint density at radius 2 is 2.29 bits per heavy atom. The van der Waals surface area contributed by atoms with Crippen LogP contribution in [0.3, 0.4) is 0 Å². The number of nitrogens with zero attached hydrogens (tertiary/aromatic N) is 1. The SMILES string of the molecule is COCCCNC(=O)c1cc(C(=O)O)ccn1. The highest BCUT2D eigenvalue weighted by Gasteiger charge is 2.10. The molecule has 1 rings (SSSR count). The highest BCUT2D eigenvalue weighted by molar-refractivity contribution is 5.95. The highest BCUT2D eigenvalue weighted by Crippen LogP contribution is 2.01. The number of ether oxygens (including phenoxy) is 1. The minimum atomic E-state index is -1.08. The van der Waals surface area contributed by atoms with Crippen molar-refractivity contribution in [3.8, 4) is 0 Å². The summed E-state index contributed by atoms with van der Waals surface area (Å²) in [5, 5.41) is 11.4. The largest absolute Gasteiger partial charge is 0.478 e. The average molecular weight is 238 g/mol. The summed E-state index contributed by atoms with van der Waals surface area (Å²) in [7, 11) is 1.58. The summed E-state index contributed by atoms with van der Waals surface area (Å²) < 4.78 is 4.84. The first-order valence-corrected chi connectivity index (χ1v) is 5.11. The van der Waals surface area contributed by atoms with Crippen molar-refractivity contribution in [2.45, 2.75) is 6.42 Å². The fraction of sp³-hybridized carbons (Fsp3) is 0.364. The maximum Gasteiger partial charge on any atom is 0.335 e. The minimum Gasteiger partial charge on any atom is -0.478 e. The molecule has 17 heavy (non-hydrogen) atoms. The smallest absolute Gasteiger partial charge is 0.335 e. The van der Waals surface area contributed by atoms with Crippen molar-refractivity contribution >= 4 is 11.9 Å². The quantitative estimate of drug-likeness (QED) is 0.706. The van der Waals surface area contributed by atoms with E-state index in [9.17, 15) is 9.59 Å². The third-order valence-electron chi connectivity index (χ3n) is 2.05. The lowest BCUT2D eigenvalue weighted by Crippen LogP contribution is -2.26. The molecule has 0 aliphatic rings. The van der Waals surface area contributed by atoms with Crippen LogP contribution in [0.4, 0.5) is 0 Å². The lowest BCUT2D eigenvalue weighted by atomic mass is 10.2. The lowest BCUT2D eigenvalue weighted by Gasteiger charge is -2.04. The van der Waals surface area contributed by atoms with Gasteiger partial charge in [0.25, 0.3) is 5.91 Å². The molecule has 0 aromatic carbocycles.